The van der Waals surface area contributed by atoms with E-state index in [-0.39, 0.29) is 0 Å². The number of carbonyl (C=O) groups is 1. The first-order valence-electron chi connectivity index (χ1n) is 8.95. The quantitative estimate of drug-likeness (QED) is 0.813. The van der Waals surface area contributed by atoms with Crippen LogP contribution in [0.15, 0.2) is 48.5 Å². The van der Waals surface area contributed by atoms with Crippen molar-refractivity contribution in [1.29, 1.82) is 0 Å². The van der Waals surface area contributed by atoms with Crippen molar-refractivity contribution < 1.29 is 24.5 Å². The van der Waals surface area contributed by atoms with Gasteiger partial charge in [-0.05, 0) is 36.1 Å². The third kappa shape index (κ3) is 3.91. The summed E-state index contributed by atoms with van der Waals surface area (Å²) in [7, 11) is 3.07. The lowest BCUT2D eigenvalue weighted by atomic mass is 9.83. The second-order valence-corrected chi connectivity index (χ2v) is 6.79. The summed E-state index contributed by atoms with van der Waals surface area (Å²) >= 11 is 0. The monoisotopic (exact) mass is 371 g/mol. The highest BCUT2D eigenvalue weighted by Gasteiger charge is 2.38. The van der Waals surface area contributed by atoms with Crippen LogP contribution in [0.25, 0.3) is 0 Å². The SMILES string of the molecule is COc1ccc([C@H](C(=O)O)N2CCC(O)(c3ccccc3)CC2)cc1OC. The minimum atomic E-state index is -0.924. The maximum Gasteiger partial charge on any atom is 0.325 e. The molecule has 0 bridgehead atoms. The van der Waals surface area contributed by atoms with E-state index in [9.17, 15) is 15.0 Å². The van der Waals surface area contributed by atoms with Gasteiger partial charge in [-0.1, -0.05) is 36.4 Å². The van der Waals surface area contributed by atoms with E-state index in [1.807, 2.05) is 35.2 Å². The molecule has 1 aliphatic rings. The second-order valence-electron chi connectivity index (χ2n) is 6.79. The molecule has 1 heterocycles. The van der Waals surface area contributed by atoms with E-state index in [4.69, 9.17) is 9.47 Å². The minimum Gasteiger partial charge on any atom is -0.493 e. The van der Waals surface area contributed by atoms with Crippen LogP contribution in [0.3, 0.4) is 0 Å². The molecule has 1 saturated heterocycles. The summed E-state index contributed by atoms with van der Waals surface area (Å²) in [6, 6.07) is 13.9. The number of aliphatic carboxylic acids is 1. The van der Waals surface area contributed by atoms with Crippen molar-refractivity contribution in [3.05, 3.63) is 59.7 Å². The van der Waals surface area contributed by atoms with E-state index in [0.717, 1.165) is 5.56 Å². The lowest BCUT2D eigenvalue weighted by molar-refractivity contribution is -0.146. The molecule has 27 heavy (non-hydrogen) atoms. The standard InChI is InChI=1S/C21H25NO5/c1-26-17-9-8-15(14-18(17)27-2)19(20(23)24)22-12-10-21(25,11-13-22)16-6-4-3-5-7-16/h3-9,14,19,25H,10-13H2,1-2H3,(H,23,24)/t19-/m1/s1. The molecule has 1 atom stereocenters. The summed E-state index contributed by atoms with van der Waals surface area (Å²) in [4.78, 5) is 13.9. The first-order valence-corrected chi connectivity index (χ1v) is 8.95. The Morgan fingerprint density at radius 1 is 1.04 bits per heavy atom. The Balaban J connectivity index is 1.81. The van der Waals surface area contributed by atoms with Gasteiger partial charge in [0.05, 0.1) is 19.8 Å². The third-order valence-corrected chi connectivity index (χ3v) is 5.26. The Morgan fingerprint density at radius 3 is 2.22 bits per heavy atom. The van der Waals surface area contributed by atoms with Gasteiger partial charge in [-0.25, -0.2) is 0 Å². The molecular formula is C21H25NO5. The molecule has 0 unspecified atom stereocenters. The molecule has 2 aromatic rings. The van der Waals surface area contributed by atoms with Crippen molar-refractivity contribution in [2.24, 2.45) is 0 Å². The Hall–Kier alpha value is -2.57. The average Bonchev–Trinajstić information content (AvgIpc) is 2.70. The van der Waals surface area contributed by atoms with Gasteiger partial charge in [0.25, 0.3) is 0 Å². The minimum absolute atomic E-state index is 0.480. The summed E-state index contributed by atoms with van der Waals surface area (Å²) in [5.74, 6) is 0.133. The molecule has 3 rings (SSSR count). The summed E-state index contributed by atoms with van der Waals surface area (Å²) in [6.07, 6.45) is 0.960. The van der Waals surface area contributed by atoms with E-state index in [2.05, 4.69) is 0 Å². The van der Waals surface area contributed by atoms with Gasteiger partial charge in [0, 0.05) is 13.1 Å². The first-order chi connectivity index (χ1) is 13.0. The molecule has 0 spiro atoms. The molecule has 0 aromatic heterocycles. The van der Waals surface area contributed by atoms with Gasteiger partial charge < -0.3 is 19.7 Å². The maximum absolute atomic E-state index is 12.0. The number of hydrogen-bond donors (Lipinski definition) is 2. The van der Waals surface area contributed by atoms with Crippen LogP contribution in [-0.2, 0) is 10.4 Å². The predicted molar refractivity (Wildman–Crippen MR) is 101 cm³/mol. The van der Waals surface area contributed by atoms with Crippen LogP contribution >= 0.6 is 0 Å². The van der Waals surface area contributed by atoms with Crippen LogP contribution < -0.4 is 9.47 Å². The van der Waals surface area contributed by atoms with Gasteiger partial charge in [0.1, 0.15) is 6.04 Å². The molecule has 2 aromatic carbocycles. The highest BCUT2D eigenvalue weighted by Crippen LogP contribution is 2.37. The van der Waals surface area contributed by atoms with Gasteiger partial charge >= 0.3 is 5.97 Å². The number of methoxy groups -OCH3 is 2. The fourth-order valence-electron chi connectivity index (χ4n) is 3.72. The van der Waals surface area contributed by atoms with Crippen LogP contribution in [0.1, 0.15) is 30.0 Å². The molecule has 2 N–H and O–H groups in total. The van der Waals surface area contributed by atoms with Gasteiger partial charge in [0.2, 0.25) is 0 Å². The fraction of sp³-hybridized carbons (Fsp3) is 0.381. The highest BCUT2D eigenvalue weighted by atomic mass is 16.5. The topological polar surface area (TPSA) is 79.2 Å². The molecule has 6 nitrogen and oxygen atoms in total. The number of ether oxygens (including phenoxy) is 2. The summed E-state index contributed by atoms with van der Waals surface area (Å²) in [5.41, 5.74) is 0.589. The number of carboxylic acid groups (broad SMARTS) is 1. The van der Waals surface area contributed by atoms with Gasteiger partial charge in [-0.2, -0.15) is 0 Å². The van der Waals surface area contributed by atoms with Crippen molar-refractivity contribution in [3.63, 3.8) is 0 Å². The van der Waals surface area contributed by atoms with Crippen molar-refractivity contribution in [2.45, 2.75) is 24.5 Å². The largest absolute Gasteiger partial charge is 0.493 e. The van der Waals surface area contributed by atoms with Gasteiger partial charge in [-0.15, -0.1) is 0 Å². The molecule has 0 radical (unpaired) electrons. The lowest BCUT2D eigenvalue weighted by Gasteiger charge is -2.41. The molecule has 144 valence electrons. The van der Waals surface area contributed by atoms with Crippen LogP contribution in [0.4, 0.5) is 0 Å². The number of hydrogen-bond acceptors (Lipinski definition) is 5. The number of rotatable bonds is 6. The van der Waals surface area contributed by atoms with Crippen LogP contribution in [-0.4, -0.2) is 48.4 Å². The number of likely N-dealkylation sites (tertiary alicyclic amines) is 1. The Morgan fingerprint density at radius 2 is 1.67 bits per heavy atom. The number of carboxylic acids is 1. The van der Waals surface area contributed by atoms with Crippen molar-refractivity contribution in [1.82, 2.24) is 4.90 Å². The van der Waals surface area contributed by atoms with Gasteiger partial charge in [0.15, 0.2) is 11.5 Å². The van der Waals surface area contributed by atoms with E-state index in [0.29, 0.717) is 43.0 Å². The molecule has 6 heteroatoms. The average molecular weight is 371 g/mol. The van der Waals surface area contributed by atoms with Crippen LogP contribution in [0, 0.1) is 0 Å². The lowest BCUT2D eigenvalue weighted by Crippen LogP contribution is -2.45. The third-order valence-electron chi connectivity index (χ3n) is 5.26. The van der Waals surface area contributed by atoms with E-state index >= 15 is 0 Å². The zero-order valence-corrected chi connectivity index (χ0v) is 15.6. The smallest absolute Gasteiger partial charge is 0.325 e. The maximum atomic E-state index is 12.0. The summed E-state index contributed by atoms with van der Waals surface area (Å²) in [5, 5.41) is 20.8. The Kier molecular flexibility index (Phi) is 5.68. The Labute approximate surface area is 159 Å². The predicted octanol–water partition coefficient (Wildman–Crippen LogP) is 2.81. The number of benzene rings is 2. The zero-order chi connectivity index (χ0) is 19.4. The highest BCUT2D eigenvalue weighted by molar-refractivity contribution is 5.76. The van der Waals surface area contributed by atoms with Crippen molar-refractivity contribution in [3.8, 4) is 11.5 Å². The molecule has 1 fully saturated rings. The summed E-state index contributed by atoms with van der Waals surface area (Å²) in [6.45, 7) is 0.966. The number of nitrogens with zero attached hydrogens (tertiary/aromatic N) is 1. The van der Waals surface area contributed by atoms with Gasteiger partial charge in [-0.3, -0.25) is 9.69 Å². The van der Waals surface area contributed by atoms with E-state index in [1.165, 1.54) is 7.11 Å². The molecule has 0 saturated carbocycles. The molecular weight excluding hydrogens is 346 g/mol. The molecule has 0 amide bonds. The molecule has 1 aliphatic heterocycles. The molecule has 0 aliphatic carbocycles. The van der Waals surface area contributed by atoms with E-state index in [1.54, 1.807) is 25.3 Å². The summed E-state index contributed by atoms with van der Waals surface area (Å²) < 4.78 is 10.5. The van der Waals surface area contributed by atoms with Crippen LogP contribution in [0.5, 0.6) is 11.5 Å². The van der Waals surface area contributed by atoms with Crippen LogP contribution in [0.2, 0.25) is 0 Å². The van der Waals surface area contributed by atoms with Crippen molar-refractivity contribution >= 4 is 5.97 Å². The fourth-order valence-corrected chi connectivity index (χ4v) is 3.72. The number of aliphatic hydroxyl groups is 1. The number of piperidine rings is 1. The first kappa shape index (κ1) is 19.2. The van der Waals surface area contributed by atoms with Crippen molar-refractivity contribution in [2.75, 3.05) is 27.3 Å². The second kappa shape index (κ2) is 7.98. The Bertz CT molecular complexity index is 784. The van der Waals surface area contributed by atoms with E-state index < -0.39 is 17.6 Å². The zero-order valence-electron chi connectivity index (χ0n) is 15.6. The normalized spacial score (nSPS) is 17.9.